The van der Waals surface area contributed by atoms with Crippen LogP contribution in [-0.2, 0) is 22.7 Å². The summed E-state index contributed by atoms with van der Waals surface area (Å²) in [6, 6.07) is 12.8. The molecule has 0 saturated carbocycles. The predicted molar refractivity (Wildman–Crippen MR) is 139 cm³/mol. The average molecular weight is 501 g/mol. The minimum Gasteiger partial charge on any atom is -0.341 e. The van der Waals surface area contributed by atoms with Gasteiger partial charge in [0.05, 0.1) is 5.56 Å². The highest BCUT2D eigenvalue weighted by molar-refractivity contribution is 6.45. The third-order valence-electron chi connectivity index (χ3n) is 8.26. The van der Waals surface area contributed by atoms with Crippen molar-refractivity contribution in [1.29, 1.82) is 0 Å². The number of likely N-dealkylation sites (tertiary alicyclic amines) is 2. The third kappa shape index (κ3) is 4.38. The van der Waals surface area contributed by atoms with Crippen LogP contribution in [0.4, 0.5) is 0 Å². The van der Waals surface area contributed by atoms with E-state index in [0.29, 0.717) is 30.6 Å². The van der Waals surface area contributed by atoms with E-state index in [-0.39, 0.29) is 29.8 Å². The van der Waals surface area contributed by atoms with Crippen LogP contribution in [0.1, 0.15) is 54.1 Å². The molecule has 5 heterocycles. The van der Waals surface area contributed by atoms with Crippen molar-refractivity contribution in [1.82, 2.24) is 18.9 Å². The summed E-state index contributed by atoms with van der Waals surface area (Å²) in [5.41, 5.74) is 2.06. The van der Waals surface area contributed by atoms with Gasteiger partial charge in [-0.25, -0.2) is 0 Å². The van der Waals surface area contributed by atoms with E-state index in [4.69, 9.17) is 0 Å². The summed E-state index contributed by atoms with van der Waals surface area (Å²) in [6.07, 6.45) is 6.94. The van der Waals surface area contributed by atoms with Crippen LogP contribution in [-0.4, -0.2) is 62.7 Å². The van der Waals surface area contributed by atoms with Crippen LogP contribution >= 0.6 is 0 Å². The minimum absolute atomic E-state index is 0.00872. The van der Waals surface area contributed by atoms with Gasteiger partial charge in [-0.1, -0.05) is 37.1 Å². The zero-order valence-corrected chi connectivity index (χ0v) is 21.0. The van der Waals surface area contributed by atoms with E-state index >= 15 is 0 Å². The number of piperidine rings is 1. The molecule has 0 radical (unpaired) electrons. The Balaban J connectivity index is 1.24. The van der Waals surface area contributed by atoms with E-state index in [2.05, 4.69) is 0 Å². The minimum atomic E-state index is -0.539. The van der Waals surface area contributed by atoms with Gasteiger partial charge in [0.15, 0.2) is 0 Å². The Morgan fingerprint density at radius 2 is 1.62 bits per heavy atom. The average Bonchev–Trinajstić information content (AvgIpc) is 3.07. The monoisotopic (exact) mass is 500 g/mol. The summed E-state index contributed by atoms with van der Waals surface area (Å²) < 4.78 is 3.63. The highest BCUT2D eigenvalue weighted by Crippen LogP contribution is 2.35. The topological polar surface area (TPSA) is 84.6 Å². The molecule has 192 valence electrons. The Kier molecular flexibility index (Phi) is 6.18. The summed E-state index contributed by atoms with van der Waals surface area (Å²) in [7, 11) is 0. The van der Waals surface area contributed by atoms with Gasteiger partial charge >= 0.3 is 0 Å². The number of ketones is 1. The fourth-order valence-electron chi connectivity index (χ4n) is 6.45. The molecule has 3 aromatic rings. The maximum atomic E-state index is 13.6. The molecule has 2 unspecified atom stereocenters. The number of aromatic nitrogens is 2. The molecule has 2 aromatic heterocycles. The van der Waals surface area contributed by atoms with Crippen LogP contribution in [0.2, 0.25) is 0 Å². The molecule has 8 nitrogen and oxygen atoms in total. The summed E-state index contributed by atoms with van der Waals surface area (Å²) in [5.74, 6) is -0.807. The molecular weight excluding hydrogens is 468 g/mol. The van der Waals surface area contributed by atoms with Crippen molar-refractivity contribution >= 4 is 28.5 Å². The summed E-state index contributed by atoms with van der Waals surface area (Å²) in [6.45, 7) is 3.16. The Morgan fingerprint density at radius 1 is 0.838 bits per heavy atom. The molecule has 1 aromatic carbocycles. The number of carbonyl (C=O) groups excluding carboxylic acids is 3. The molecule has 3 aliphatic rings. The lowest BCUT2D eigenvalue weighted by Crippen LogP contribution is -2.50. The maximum Gasteiger partial charge on any atom is 0.295 e. The molecule has 2 bridgehead atoms. The predicted octanol–water partition coefficient (Wildman–Crippen LogP) is 3.03. The van der Waals surface area contributed by atoms with Gasteiger partial charge in [0.2, 0.25) is 5.91 Å². The smallest absolute Gasteiger partial charge is 0.295 e. The van der Waals surface area contributed by atoms with Crippen LogP contribution in [0.3, 0.4) is 0 Å². The van der Waals surface area contributed by atoms with Crippen LogP contribution in [0, 0.1) is 5.92 Å². The van der Waals surface area contributed by atoms with Crippen molar-refractivity contribution in [3.8, 4) is 0 Å². The number of fused-ring (bicyclic) bond motifs is 5. The molecule has 2 atom stereocenters. The maximum absolute atomic E-state index is 13.6. The largest absolute Gasteiger partial charge is 0.341 e. The van der Waals surface area contributed by atoms with Crippen molar-refractivity contribution < 1.29 is 14.4 Å². The molecule has 0 spiro atoms. The van der Waals surface area contributed by atoms with Crippen LogP contribution in [0.15, 0.2) is 53.5 Å². The molecule has 2 saturated heterocycles. The van der Waals surface area contributed by atoms with E-state index in [1.807, 2.05) is 44.4 Å². The first kappa shape index (κ1) is 23.7. The van der Waals surface area contributed by atoms with Gasteiger partial charge in [-0.05, 0) is 37.3 Å². The molecule has 0 aliphatic carbocycles. The summed E-state index contributed by atoms with van der Waals surface area (Å²) in [4.78, 5) is 56.1. The number of hydrogen-bond donors (Lipinski definition) is 0. The van der Waals surface area contributed by atoms with E-state index in [1.165, 1.54) is 0 Å². The summed E-state index contributed by atoms with van der Waals surface area (Å²) >= 11 is 0. The Bertz CT molecular complexity index is 1430. The van der Waals surface area contributed by atoms with Crippen molar-refractivity contribution in [3.05, 3.63) is 70.3 Å². The SMILES string of the molecule is O=C(C(=O)N1CC2CC(C1)c1cccc(=O)n1C2)c1cn(CC(=O)N2CCCCCC2)c2ccccc12. The van der Waals surface area contributed by atoms with Gasteiger partial charge in [-0.3, -0.25) is 19.2 Å². The van der Waals surface area contributed by atoms with Crippen molar-refractivity contribution in [2.24, 2.45) is 5.92 Å². The number of carbonyl (C=O) groups is 3. The van der Waals surface area contributed by atoms with Gasteiger partial charge in [-0.2, -0.15) is 0 Å². The first-order chi connectivity index (χ1) is 18.0. The second-order valence-corrected chi connectivity index (χ2v) is 10.7. The molecule has 2 amide bonds. The number of amides is 2. The number of rotatable bonds is 4. The standard InChI is InChI=1S/C29H32N4O4/c34-26-11-7-10-24-21-14-20(16-33(24)26)15-32(17-21)29(37)28(36)23-18-31(25-9-4-3-8-22(23)25)19-27(35)30-12-5-1-2-6-13-30/h3-4,7-11,18,20-21H,1-2,5-6,12-17,19H2. The zero-order valence-electron chi connectivity index (χ0n) is 21.0. The third-order valence-corrected chi connectivity index (χ3v) is 8.26. The van der Waals surface area contributed by atoms with Gasteiger partial charge in [0, 0.05) is 67.5 Å². The number of pyridine rings is 1. The van der Waals surface area contributed by atoms with E-state index in [1.54, 1.807) is 23.2 Å². The number of para-hydroxylation sites is 1. The lowest BCUT2D eigenvalue weighted by Gasteiger charge is -2.42. The second-order valence-electron chi connectivity index (χ2n) is 10.7. The Labute approximate surface area is 215 Å². The zero-order chi connectivity index (χ0) is 25.5. The number of benzene rings is 1. The Hall–Kier alpha value is -3.68. The van der Waals surface area contributed by atoms with Gasteiger partial charge in [-0.15, -0.1) is 0 Å². The van der Waals surface area contributed by atoms with Crippen LogP contribution in [0.5, 0.6) is 0 Å². The lowest BCUT2D eigenvalue weighted by atomic mass is 9.83. The molecule has 8 heteroatoms. The second kappa shape index (κ2) is 9.65. The van der Waals surface area contributed by atoms with Crippen molar-refractivity contribution in [2.75, 3.05) is 26.2 Å². The molecule has 3 aliphatic heterocycles. The first-order valence-corrected chi connectivity index (χ1v) is 13.4. The fraction of sp³-hybridized carbons (Fsp3) is 0.448. The lowest BCUT2D eigenvalue weighted by molar-refractivity contribution is -0.131. The number of Topliss-reactive ketones (excluding diaryl/α,β-unsaturated/α-hetero) is 1. The highest BCUT2D eigenvalue weighted by Gasteiger charge is 2.38. The van der Waals surface area contributed by atoms with E-state index in [9.17, 15) is 19.2 Å². The van der Waals surface area contributed by atoms with Gasteiger partial charge in [0.25, 0.3) is 17.2 Å². The van der Waals surface area contributed by atoms with Crippen LogP contribution < -0.4 is 5.56 Å². The normalized spacial score (nSPS) is 21.4. The van der Waals surface area contributed by atoms with Crippen LogP contribution in [0.25, 0.3) is 10.9 Å². The fourth-order valence-corrected chi connectivity index (χ4v) is 6.45. The molecule has 37 heavy (non-hydrogen) atoms. The molecule has 6 rings (SSSR count). The van der Waals surface area contributed by atoms with Crippen molar-refractivity contribution in [3.63, 3.8) is 0 Å². The highest BCUT2D eigenvalue weighted by atomic mass is 16.2. The molecule has 2 fully saturated rings. The number of hydrogen-bond acceptors (Lipinski definition) is 4. The van der Waals surface area contributed by atoms with Gasteiger partial charge in [0.1, 0.15) is 6.54 Å². The first-order valence-electron chi connectivity index (χ1n) is 13.4. The number of nitrogens with zero attached hydrogens (tertiary/aromatic N) is 4. The van der Waals surface area contributed by atoms with Crippen molar-refractivity contribution in [2.45, 2.75) is 51.1 Å². The quantitative estimate of drug-likeness (QED) is 0.407. The molecular formula is C29H32N4O4. The van der Waals surface area contributed by atoms with E-state index < -0.39 is 11.7 Å². The summed E-state index contributed by atoms with van der Waals surface area (Å²) in [5, 5.41) is 0.693. The molecule has 0 N–H and O–H groups in total. The Morgan fingerprint density at radius 3 is 2.43 bits per heavy atom. The van der Waals surface area contributed by atoms with E-state index in [0.717, 1.165) is 56.4 Å². The van der Waals surface area contributed by atoms with Gasteiger partial charge < -0.3 is 18.9 Å².